The van der Waals surface area contributed by atoms with Crippen molar-refractivity contribution >= 4 is 23.2 Å². The van der Waals surface area contributed by atoms with Gasteiger partial charge in [-0.2, -0.15) is 5.10 Å². The number of carbonyl (C=O) groups is 1. The first kappa shape index (κ1) is 16.7. The fourth-order valence-electron chi connectivity index (χ4n) is 2.70. The number of nitrogens with zero attached hydrogens (tertiary/aromatic N) is 2. The van der Waals surface area contributed by atoms with Crippen LogP contribution in [0.3, 0.4) is 0 Å². The predicted molar refractivity (Wildman–Crippen MR) is 103 cm³/mol. The molecule has 0 aliphatic heterocycles. The molecule has 5 nitrogen and oxygen atoms in total. The molecule has 0 fully saturated rings. The average molecular weight is 358 g/mol. The number of aromatic nitrogens is 2. The number of carbonyl (C=O) groups excluding carboxylic acids is 1. The molecule has 0 aliphatic rings. The Hall–Kier alpha value is -3.80. The van der Waals surface area contributed by atoms with Crippen LogP contribution >= 0.6 is 0 Å². The van der Waals surface area contributed by atoms with Gasteiger partial charge in [0, 0.05) is 11.1 Å². The first-order valence-electron chi connectivity index (χ1n) is 8.33. The van der Waals surface area contributed by atoms with Crippen LogP contribution in [0.5, 0.6) is 0 Å². The van der Waals surface area contributed by atoms with Crippen LogP contribution in [-0.4, -0.2) is 22.1 Å². The minimum absolute atomic E-state index is 0.357. The number of fused-ring (bicyclic) bond motifs is 1. The SMILES string of the molecule is O=C(N/N=C/c1cccc(F)c1)c1ccc2nc(-c3ccccc3)[nH]c2c1. The lowest BCUT2D eigenvalue weighted by Crippen LogP contribution is -2.17. The first-order valence-corrected chi connectivity index (χ1v) is 8.33. The van der Waals surface area contributed by atoms with Crippen LogP contribution < -0.4 is 5.43 Å². The number of rotatable bonds is 4. The summed E-state index contributed by atoms with van der Waals surface area (Å²) in [6.45, 7) is 0. The number of hydrogen-bond acceptors (Lipinski definition) is 3. The van der Waals surface area contributed by atoms with E-state index in [1.54, 1.807) is 30.3 Å². The summed E-state index contributed by atoms with van der Waals surface area (Å²) in [6, 6.07) is 20.9. The lowest BCUT2D eigenvalue weighted by atomic mass is 10.2. The van der Waals surface area contributed by atoms with Crippen LogP contribution in [-0.2, 0) is 0 Å². The molecule has 6 heteroatoms. The molecule has 0 saturated carbocycles. The van der Waals surface area contributed by atoms with Crippen molar-refractivity contribution in [2.75, 3.05) is 0 Å². The highest BCUT2D eigenvalue weighted by Gasteiger charge is 2.09. The smallest absolute Gasteiger partial charge is 0.271 e. The second kappa shape index (κ2) is 7.21. The Bertz CT molecular complexity index is 1140. The number of hydrazone groups is 1. The lowest BCUT2D eigenvalue weighted by Gasteiger charge is -2.00. The van der Waals surface area contributed by atoms with E-state index in [0.29, 0.717) is 11.1 Å². The van der Waals surface area contributed by atoms with Crippen molar-refractivity contribution in [3.8, 4) is 11.4 Å². The normalized spacial score (nSPS) is 11.1. The van der Waals surface area contributed by atoms with E-state index in [0.717, 1.165) is 22.4 Å². The molecule has 4 aromatic rings. The summed E-state index contributed by atoms with van der Waals surface area (Å²) in [4.78, 5) is 20.1. The van der Waals surface area contributed by atoms with Crippen LogP contribution in [0.4, 0.5) is 4.39 Å². The van der Waals surface area contributed by atoms with E-state index in [-0.39, 0.29) is 11.7 Å². The summed E-state index contributed by atoms with van der Waals surface area (Å²) in [6.07, 6.45) is 1.39. The Balaban J connectivity index is 1.52. The standard InChI is InChI=1S/C21H15FN4O/c22-17-8-4-5-14(11-17)13-23-26-21(27)16-9-10-18-19(12-16)25-20(24-18)15-6-2-1-3-7-15/h1-13H,(H,24,25)(H,26,27)/b23-13+. The maximum Gasteiger partial charge on any atom is 0.271 e. The minimum Gasteiger partial charge on any atom is -0.338 e. The topological polar surface area (TPSA) is 70.1 Å². The summed E-state index contributed by atoms with van der Waals surface area (Å²) in [5, 5.41) is 3.87. The van der Waals surface area contributed by atoms with Crippen molar-refractivity contribution < 1.29 is 9.18 Å². The van der Waals surface area contributed by atoms with E-state index in [4.69, 9.17) is 0 Å². The summed E-state index contributed by atoms with van der Waals surface area (Å²) in [7, 11) is 0. The Morgan fingerprint density at radius 3 is 2.70 bits per heavy atom. The fraction of sp³-hybridized carbons (Fsp3) is 0. The van der Waals surface area contributed by atoms with Gasteiger partial charge in [-0.05, 0) is 35.9 Å². The third-order valence-electron chi connectivity index (χ3n) is 4.02. The number of imidazole rings is 1. The van der Waals surface area contributed by atoms with Crippen LogP contribution in [0, 0.1) is 5.82 Å². The molecule has 0 bridgehead atoms. The molecule has 1 amide bonds. The van der Waals surface area contributed by atoms with Crippen molar-refractivity contribution in [1.29, 1.82) is 0 Å². The second-order valence-electron chi connectivity index (χ2n) is 5.94. The minimum atomic E-state index is -0.361. The molecule has 27 heavy (non-hydrogen) atoms. The van der Waals surface area contributed by atoms with E-state index >= 15 is 0 Å². The Morgan fingerprint density at radius 2 is 1.89 bits per heavy atom. The zero-order valence-corrected chi connectivity index (χ0v) is 14.2. The molecule has 1 heterocycles. The van der Waals surface area contributed by atoms with Gasteiger partial charge in [0.1, 0.15) is 11.6 Å². The molecule has 1 aromatic heterocycles. The van der Waals surface area contributed by atoms with Crippen LogP contribution in [0.25, 0.3) is 22.4 Å². The highest BCUT2D eigenvalue weighted by Crippen LogP contribution is 2.21. The van der Waals surface area contributed by atoms with E-state index < -0.39 is 0 Å². The maximum atomic E-state index is 13.1. The largest absolute Gasteiger partial charge is 0.338 e. The van der Waals surface area contributed by atoms with Gasteiger partial charge in [0.15, 0.2) is 0 Å². The van der Waals surface area contributed by atoms with Crippen molar-refractivity contribution in [3.05, 3.63) is 89.7 Å². The molecular weight excluding hydrogens is 343 g/mol. The number of hydrogen-bond donors (Lipinski definition) is 2. The molecule has 2 N–H and O–H groups in total. The molecule has 4 rings (SSSR count). The molecular formula is C21H15FN4O. The van der Waals surface area contributed by atoms with Gasteiger partial charge < -0.3 is 4.98 Å². The summed E-state index contributed by atoms with van der Waals surface area (Å²) in [5.74, 6) is 0.0249. The zero-order valence-electron chi connectivity index (χ0n) is 14.2. The van der Waals surface area contributed by atoms with Crippen molar-refractivity contribution in [2.45, 2.75) is 0 Å². The number of aromatic amines is 1. The van der Waals surface area contributed by atoms with Crippen LogP contribution in [0.2, 0.25) is 0 Å². The molecule has 0 radical (unpaired) electrons. The highest BCUT2D eigenvalue weighted by molar-refractivity contribution is 5.98. The third-order valence-corrected chi connectivity index (χ3v) is 4.02. The third kappa shape index (κ3) is 3.74. The van der Waals surface area contributed by atoms with Crippen molar-refractivity contribution in [2.24, 2.45) is 5.10 Å². The average Bonchev–Trinajstić information content (AvgIpc) is 3.12. The van der Waals surface area contributed by atoms with Gasteiger partial charge in [-0.15, -0.1) is 0 Å². The van der Waals surface area contributed by atoms with Gasteiger partial charge in [0.05, 0.1) is 17.2 Å². The van der Waals surface area contributed by atoms with E-state index in [9.17, 15) is 9.18 Å². The molecule has 3 aromatic carbocycles. The van der Waals surface area contributed by atoms with Gasteiger partial charge in [-0.25, -0.2) is 14.8 Å². The number of nitrogens with one attached hydrogen (secondary N) is 2. The quantitative estimate of drug-likeness (QED) is 0.425. The summed E-state index contributed by atoms with van der Waals surface area (Å²) < 4.78 is 13.1. The van der Waals surface area contributed by atoms with Gasteiger partial charge >= 0.3 is 0 Å². The first-order chi connectivity index (χ1) is 13.2. The molecule has 0 spiro atoms. The molecule has 0 atom stereocenters. The van der Waals surface area contributed by atoms with Crippen molar-refractivity contribution in [3.63, 3.8) is 0 Å². The highest BCUT2D eigenvalue weighted by atomic mass is 19.1. The monoisotopic (exact) mass is 358 g/mol. The number of halogens is 1. The molecule has 0 saturated heterocycles. The second-order valence-corrected chi connectivity index (χ2v) is 5.94. The van der Waals surface area contributed by atoms with E-state index in [1.807, 2.05) is 30.3 Å². The summed E-state index contributed by atoms with van der Waals surface area (Å²) in [5.41, 5.74) is 5.96. The Morgan fingerprint density at radius 1 is 1.04 bits per heavy atom. The molecule has 0 unspecified atom stereocenters. The predicted octanol–water partition coefficient (Wildman–Crippen LogP) is 4.13. The number of benzene rings is 3. The fourth-order valence-corrected chi connectivity index (χ4v) is 2.70. The van der Waals surface area contributed by atoms with E-state index in [1.165, 1.54) is 18.3 Å². The summed E-state index contributed by atoms with van der Waals surface area (Å²) >= 11 is 0. The number of amides is 1. The lowest BCUT2D eigenvalue weighted by molar-refractivity contribution is 0.0955. The van der Waals surface area contributed by atoms with Gasteiger partial charge in [-0.1, -0.05) is 42.5 Å². The zero-order chi connectivity index (χ0) is 18.6. The van der Waals surface area contributed by atoms with Crippen LogP contribution in [0.15, 0.2) is 77.9 Å². The van der Waals surface area contributed by atoms with E-state index in [2.05, 4.69) is 20.5 Å². The Kier molecular flexibility index (Phi) is 4.45. The van der Waals surface area contributed by atoms with Gasteiger partial charge in [0.2, 0.25) is 0 Å². The van der Waals surface area contributed by atoms with Gasteiger partial charge in [0.25, 0.3) is 5.91 Å². The van der Waals surface area contributed by atoms with Gasteiger partial charge in [-0.3, -0.25) is 4.79 Å². The van der Waals surface area contributed by atoms with Crippen molar-refractivity contribution in [1.82, 2.24) is 15.4 Å². The Labute approximate surface area is 154 Å². The molecule has 132 valence electrons. The maximum absolute atomic E-state index is 13.1. The number of H-pyrrole nitrogens is 1. The molecule has 0 aliphatic carbocycles. The van der Waals surface area contributed by atoms with Crippen LogP contribution in [0.1, 0.15) is 15.9 Å².